The molecule has 3 heteroatoms. The van der Waals surface area contributed by atoms with Crippen LogP contribution in [0.5, 0.6) is 0 Å². The topological polar surface area (TPSA) is 11.4 Å². The number of hydrogen-bond acceptors (Lipinski definition) is 2. The highest BCUT2D eigenvalue weighted by Gasteiger charge is 2.19. The zero-order valence-corrected chi connectivity index (χ0v) is 28.0. The Morgan fingerprint density at radius 2 is 0.647 bits per heavy atom. The summed E-state index contributed by atoms with van der Waals surface area (Å²) in [5, 5.41) is 2.43. The molecule has 9 aromatic rings. The summed E-state index contributed by atoms with van der Waals surface area (Å²) in [6, 6.07) is 75.7. The molecule has 0 bridgehead atoms. The first-order valence-corrected chi connectivity index (χ1v) is 17.4. The van der Waals surface area contributed by atoms with Crippen LogP contribution in [0, 0.1) is 0 Å². The van der Waals surface area contributed by atoms with Gasteiger partial charge in [-0.25, -0.2) is 0 Å². The Bertz CT molecular complexity index is 2510. The van der Waals surface area contributed by atoms with Gasteiger partial charge in [-0.05, 0) is 114 Å². The molecule has 3 nitrogen and oxygen atoms in total. The van der Waals surface area contributed by atoms with Crippen LogP contribution in [0.4, 0.5) is 34.1 Å². The molecule has 0 saturated heterocycles. The van der Waals surface area contributed by atoms with Gasteiger partial charge in [0.1, 0.15) is 0 Å². The van der Waals surface area contributed by atoms with Crippen LogP contribution < -0.4 is 9.80 Å². The van der Waals surface area contributed by atoms with Crippen molar-refractivity contribution in [3.63, 3.8) is 0 Å². The predicted molar refractivity (Wildman–Crippen MR) is 216 cm³/mol. The molecule has 51 heavy (non-hydrogen) atoms. The van der Waals surface area contributed by atoms with E-state index in [-0.39, 0.29) is 0 Å². The minimum absolute atomic E-state index is 1.09. The van der Waals surface area contributed by atoms with E-state index in [1.165, 1.54) is 32.9 Å². The Kier molecular flexibility index (Phi) is 7.84. The first-order valence-electron chi connectivity index (χ1n) is 17.4. The molecule has 0 spiro atoms. The molecule has 0 aliphatic carbocycles. The molecule has 8 aromatic carbocycles. The van der Waals surface area contributed by atoms with Crippen molar-refractivity contribution in [2.24, 2.45) is 0 Å². The number of hydrogen-bond donors (Lipinski definition) is 0. The molecule has 0 aliphatic rings. The summed E-state index contributed by atoms with van der Waals surface area (Å²) < 4.78 is 2.38. The van der Waals surface area contributed by atoms with Crippen LogP contribution in [0.25, 0.3) is 38.6 Å². The monoisotopic (exact) mass is 653 g/mol. The third-order valence-electron chi connectivity index (χ3n) is 9.54. The molecular formula is C48H35N3. The van der Waals surface area contributed by atoms with E-state index in [4.69, 9.17) is 0 Å². The zero-order valence-electron chi connectivity index (χ0n) is 28.0. The molecule has 0 atom stereocenters. The van der Waals surface area contributed by atoms with Gasteiger partial charge in [-0.15, -0.1) is 0 Å². The predicted octanol–water partition coefficient (Wildman–Crippen LogP) is 13.4. The second-order valence-electron chi connectivity index (χ2n) is 12.7. The summed E-state index contributed by atoms with van der Waals surface area (Å²) in [6.07, 6.45) is 0. The molecular weight excluding hydrogens is 619 g/mol. The number of nitrogens with zero attached hydrogens (tertiary/aromatic N) is 3. The van der Waals surface area contributed by atoms with Gasteiger partial charge in [-0.1, -0.05) is 109 Å². The first-order chi connectivity index (χ1) is 25.3. The fourth-order valence-corrected chi connectivity index (χ4v) is 7.19. The van der Waals surface area contributed by atoms with E-state index in [1.807, 2.05) is 0 Å². The minimum Gasteiger partial charge on any atom is -0.311 e. The number of rotatable bonds is 8. The lowest BCUT2D eigenvalue weighted by atomic mass is 10.0. The van der Waals surface area contributed by atoms with Crippen LogP contribution in [0.3, 0.4) is 0 Å². The van der Waals surface area contributed by atoms with Crippen LogP contribution in [0.1, 0.15) is 0 Å². The standard InChI is InChI=1S/C48H35N3/c1-6-16-36(17-7-1)37-26-32-47-45(34-37)46-35-44(31-33-48(46)51(47)41-24-14-5-15-25-41)50(40-22-12-4-13-23-40)43-29-27-42(28-30-43)49(38-18-8-2-9-19-38)39-20-10-3-11-21-39/h1-35H. The van der Waals surface area contributed by atoms with Crippen molar-refractivity contribution >= 4 is 55.9 Å². The Hall–Kier alpha value is -6.84. The maximum absolute atomic E-state index is 2.38. The second kappa shape index (κ2) is 13.2. The third kappa shape index (κ3) is 5.71. The average molecular weight is 654 g/mol. The highest BCUT2D eigenvalue weighted by molar-refractivity contribution is 6.12. The quantitative estimate of drug-likeness (QED) is 0.162. The highest BCUT2D eigenvalue weighted by Crippen LogP contribution is 2.42. The van der Waals surface area contributed by atoms with Gasteiger partial charge < -0.3 is 14.4 Å². The Morgan fingerprint density at radius 3 is 1.16 bits per heavy atom. The van der Waals surface area contributed by atoms with E-state index in [1.54, 1.807) is 0 Å². The van der Waals surface area contributed by atoms with E-state index in [2.05, 4.69) is 227 Å². The van der Waals surface area contributed by atoms with Crippen molar-refractivity contribution < 1.29 is 0 Å². The summed E-state index contributed by atoms with van der Waals surface area (Å²) in [7, 11) is 0. The Morgan fingerprint density at radius 1 is 0.275 bits per heavy atom. The van der Waals surface area contributed by atoms with Gasteiger partial charge in [-0.3, -0.25) is 0 Å². The average Bonchev–Trinajstić information content (AvgIpc) is 3.54. The van der Waals surface area contributed by atoms with E-state index in [0.717, 1.165) is 39.8 Å². The van der Waals surface area contributed by atoms with E-state index < -0.39 is 0 Å². The van der Waals surface area contributed by atoms with Crippen molar-refractivity contribution in [1.29, 1.82) is 0 Å². The molecule has 0 saturated carbocycles. The lowest BCUT2D eigenvalue weighted by molar-refractivity contribution is 1.18. The van der Waals surface area contributed by atoms with Crippen molar-refractivity contribution in [3.05, 3.63) is 212 Å². The van der Waals surface area contributed by atoms with Crippen LogP contribution in [0.15, 0.2) is 212 Å². The molecule has 242 valence electrons. The Labute approximate surface area is 298 Å². The molecule has 9 rings (SSSR count). The van der Waals surface area contributed by atoms with Crippen LogP contribution in [-0.2, 0) is 0 Å². The summed E-state index contributed by atoms with van der Waals surface area (Å²) in [6.45, 7) is 0. The number of anilines is 6. The van der Waals surface area contributed by atoms with Crippen molar-refractivity contribution in [1.82, 2.24) is 4.57 Å². The van der Waals surface area contributed by atoms with Crippen LogP contribution in [-0.4, -0.2) is 4.57 Å². The van der Waals surface area contributed by atoms with E-state index in [9.17, 15) is 0 Å². The normalized spacial score (nSPS) is 11.1. The summed E-state index contributed by atoms with van der Waals surface area (Å²) >= 11 is 0. The van der Waals surface area contributed by atoms with Gasteiger partial charge in [0, 0.05) is 50.6 Å². The minimum atomic E-state index is 1.09. The van der Waals surface area contributed by atoms with Crippen LogP contribution >= 0.6 is 0 Å². The first kappa shape index (κ1) is 30.2. The van der Waals surface area contributed by atoms with E-state index in [0.29, 0.717) is 0 Å². The largest absolute Gasteiger partial charge is 0.311 e. The third-order valence-corrected chi connectivity index (χ3v) is 9.54. The number of benzene rings is 8. The molecule has 1 aromatic heterocycles. The maximum Gasteiger partial charge on any atom is 0.0542 e. The summed E-state index contributed by atoms with van der Waals surface area (Å²) in [5.41, 5.74) is 12.5. The smallest absolute Gasteiger partial charge is 0.0542 e. The molecule has 0 radical (unpaired) electrons. The molecule has 0 amide bonds. The lowest BCUT2D eigenvalue weighted by Crippen LogP contribution is -2.12. The zero-order chi connectivity index (χ0) is 34.0. The molecule has 0 fully saturated rings. The molecule has 1 heterocycles. The highest BCUT2D eigenvalue weighted by atomic mass is 15.2. The van der Waals surface area contributed by atoms with Crippen molar-refractivity contribution in [3.8, 4) is 16.8 Å². The summed E-state index contributed by atoms with van der Waals surface area (Å²) in [5.74, 6) is 0. The van der Waals surface area contributed by atoms with Gasteiger partial charge in [0.05, 0.1) is 11.0 Å². The van der Waals surface area contributed by atoms with Crippen molar-refractivity contribution in [2.75, 3.05) is 9.80 Å². The van der Waals surface area contributed by atoms with Gasteiger partial charge in [0.15, 0.2) is 0 Å². The van der Waals surface area contributed by atoms with Gasteiger partial charge in [-0.2, -0.15) is 0 Å². The van der Waals surface area contributed by atoms with Gasteiger partial charge >= 0.3 is 0 Å². The maximum atomic E-state index is 2.38. The number of fused-ring (bicyclic) bond motifs is 3. The fraction of sp³-hybridized carbons (Fsp3) is 0. The summed E-state index contributed by atoms with van der Waals surface area (Å²) in [4.78, 5) is 4.65. The van der Waals surface area contributed by atoms with Gasteiger partial charge in [0.25, 0.3) is 0 Å². The number of aromatic nitrogens is 1. The molecule has 0 aliphatic heterocycles. The number of para-hydroxylation sites is 4. The van der Waals surface area contributed by atoms with Crippen molar-refractivity contribution in [2.45, 2.75) is 0 Å². The van der Waals surface area contributed by atoms with Crippen LogP contribution in [0.2, 0.25) is 0 Å². The fourth-order valence-electron chi connectivity index (χ4n) is 7.19. The molecule has 0 unspecified atom stereocenters. The van der Waals surface area contributed by atoms with E-state index >= 15 is 0 Å². The lowest BCUT2D eigenvalue weighted by Gasteiger charge is -2.28. The molecule has 0 N–H and O–H groups in total. The Balaban J connectivity index is 1.21. The van der Waals surface area contributed by atoms with Gasteiger partial charge in [0.2, 0.25) is 0 Å². The SMILES string of the molecule is c1ccc(-c2ccc3c(c2)c2cc(N(c4ccccc4)c4ccc(N(c5ccccc5)c5ccccc5)cc4)ccc2n3-c2ccccc2)cc1. The second-order valence-corrected chi connectivity index (χ2v) is 12.7.